The third kappa shape index (κ3) is 9.79. The van der Waals surface area contributed by atoms with E-state index in [2.05, 4.69) is 25.3 Å². The van der Waals surface area contributed by atoms with Crippen molar-refractivity contribution in [3.63, 3.8) is 0 Å². The number of ether oxygens (including phenoxy) is 2. The van der Waals surface area contributed by atoms with Crippen LogP contribution < -0.4 is 20.1 Å². The SMILES string of the molecule is CCNC(=NCCN1CCCCC1)NCCc1ccc(OC)c(OC(F)F)c1.I. The zero-order chi connectivity index (χ0) is 20.2. The summed E-state index contributed by atoms with van der Waals surface area (Å²) >= 11 is 0. The van der Waals surface area contributed by atoms with E-state index in [1.807, 2.05) is 13.0 Å². The molecule has 1 heterocycles. The van der Waals surface area contributed by atoms with E-state index in [0.717, 1.165) is 31.2 Å². The molecule has 0 spiro atoms. The van der Waals surface area contributed by atoms with Gasteiger partial charge in [0, 0.05) is 19.6 Å². The van der Waals surface area contributed by atoms with E-state index in [4.69, 9.17) is 4.74 Å². The van der Waals surface area contributed by atoms with Crippen molar-refractivity contribution < 1.29 is 18.3 Å². The van der Waals surface area contributed by atoms with Gasteiger partial charge in [-0.05, 0) is 57.0 Å². The maximum Gasteiger partial charge on any atom is 0.387 e. The van der Waals surface area contributed by atoms with Crippen molar-refractivity contribution in [2.75, 3.05) is 46.4 Å². The van der Waals surface area contributed by atoms with Crippen LogP contribution in [0.2, 0.25) is 0 Å². The van der Waals surface area contributed by atoms with E-state index in [9.17, 15) is 8.78 Å². The van der Waals surface area contributed by atoms with Gasteiger partial charge in [0.2, 0.25) is 0 Å². The number of halogens is 3. The number of hydrogen-bond donors (Lipinski definition) is 2. The van der Waals surface area contributed by atoms with E-state index >= 15 is 0 Å². The molecular formula is C20H33F2IN4O2. The number of hydrogen-bond acceptors (Lipinski definition) is 4. The number of nitrogens with one attached hydrogen (secondary N) is 2. The lowest BCUT2D eigenvalue weighted by Gasteiger charge is -2.25. The number of nitrogens with zero attached hydrogens (tertiary/aromatic N) is 2. The van der Waals surface area contributed by atoms with Crippen LogP contribution in [0.3, 0.4) is 0 Å². The van der Waals surface area contributed by atoms with Gasteiger partial charge in [0.15, 0.2) is 17.5 Å². The highest BCUT2D eigenvalue weighted by molar-refractivity contribution is 14.0. The normalized spacial score (nSPS) is 15.0. The molecule has 0 bridgehead atoms. The second kappa shape index (κ2) is 14.6. The van der Waals surface area contributed by atoms with E-state index in [1.54, 1.807) is 12.1 Å². The average molecular weight is 526 g/mol. The standard InChI is InChI=1S/C20H32F2N4O2.HI/c1-3-23-20(25-11-14-26-12-5-4-6-13-26)24-10-9-16-7-8-17(27-2)18(15-16)28-19(21)22;/h7-8,15,19H,3-6,9-14H2,1-2H3,(H2,23,24,25);1H. The molecule has 0 saturated carbocycles. The fraction of sp³-hybridized carbons (Fsp3) is 0.650. The van der Waals surface area contributed by atoms with Gasteiger partial charge in [-0.2, -0.15) is 8.78 Å². The van der Waals surface area contributed by atoms with Crippen molar-refractivity contribution in [3.05, 3.63) is 23.8 Å². The Morgan fingerprint density at radius 2 is 1.93 bits per heavy atom. The smallest absolute Gasteiger partial charge is 0.387 e. The Kier molecular flexibility index (Phi) is 12.9. The molecule has 0 unspecified atom stereocenters. The molecule has 0 aromatic heterocycles. The van der Waals surface area contributed by atoms with Crippen LogP contribution >= 0.6 is 24.0 Å². The zero-order valence-corrected chi connectivity index (χ0v) is 19.6. The minimum absolute atomic E-state index is 0. The molecule has 166 valence electrons. The van der Waals surface area contributed by atoms with Crippen LogP contribution in [0.4, 0.5) is 8.78 Å². The number of likely N-dealkylation sites (tertiary alicyclic amines) is 1. The van der Waals surface area contributed by atoms with Crippen LogP contribution in [-0.2, 0) is 6.42 Å². The van der Waals surface area contributed by atoms with Crippen LogP contribution in [0.5, 0.6) is 11.5 Å². The van der Waals surface area contributed by atoms with Crippen LogP contribution in [0, 0.1) is 0 Å². The summed E-state index contributed by atoms with van der Waals surface area (Å²) < 4.78 is 34.7. The summed E-state index contributed by atoms with van der Waals surface area (Å²) in [6.07, 6.45) is 4.54. The predicted octanol–water partition coefficient (Wildman–Crippen LogP) is 3.50. The Balaban J connectivity index is 0.00000420. The summed E-state index contributed by atoms with van der Waals surface area (Å²) in [6, 6.07) is 5.08. The van der Waals surface area contributed by atoms with E-state index in [-0.39, 0.29) is 29.7 Å². The number of methoxy groups -OCH3 is 1. The number of guanidine groups is 1. The Morgan fingerprint density at radius 1 is 1.17 bits per heavy atom. The first kappa shape index (κ1) is 25.7. The van der Waals surface area contributed by atoms with Crippen molar-refractivity contribution >= 4 is 29.9 Å². The first-order valence-electron chi connectivity index (χ1n) is 9.98. The molecule has 0 atom stereocenters. The highest BCUT2D eigenvalue weighted by Crippen LogP contribution is 2.29. The molecule has 1 aromatic carbocycles. The summed E-state index contributed by atoms with van der Waals surface area (Å²) in [7, 11) is 1.43. The molecule has 1 aliphatic heterocycles. The summed E-state index contributed by atoms with van der Waals surface area (Å²) in [5, 5.41) is 6.53. The molecular weight excluding hydrogens is 493 g/mol. The van der Waals surface area contributed by atoms with Gasteiger partial charge in [-0.15, -0.1) is 24.0 Å². The Bertz CT molecular complexity index is 614. The van der Waals surface area contributed by atoms with Crippen LogP contribution in [0.25, 0.3) is 0 Å². The number of rotatable bonds is 10. The van der Waals surface area contributed by atoms with Crippen molar-refractivity contribution in [1.29, 1.82) is 0 Å². The summed E-state index contributed by atoms with van der Waals surface area (Å²) in [4.78, 5) is 7.09. The van der Waals surface area contributed by atoms with Gasteiger partial charge < -0.3 is 25.0 Å². The van der Waals surface area contributed by atoms with Crippen molar-refractivity contribution in [3.8, 4) is 11.5 Å². The summed E-state index contributed by atoms with van der Waals surface area (Å²) in [5.74, 6) is 1.12. The Labute approximate surface area is 189 Å². The first-order chi connectivity index (χ1) is 13.6. The maximum atomic E-state index is 12.5. The number of benzene rings is 1. The molecule has 9 heteroatoms. The van der Waals surface area contributed by atoms with Gasteiger partial charge in [0.25, 0.3) is 0 Å². The molecule has 29 heavy (non-hydrogen) atoms. The lowest BCUT2D eigenvalue weighted by atomic mass is 10.1. The molecule has 2 rings (SSSR count). The van der Waals surface area contributed by atoms with Crippen LogP contribution in [0.1, 0.15) is 31.7 Å². The van der Waals surface area contributed by atoms with E-state index < -0.39 is 6.61 Å². The molecule has 6 nitrogen and oxygen atoms in total. The van der Waals surface area contributed by atoms with Crippen molar-refractivity contribution in [2.45, 2.75) is 39.2 Å². The van der Waals surface area contributed by atoms with E-state index in [1.165, 1.54) is 39.5 Å². The highest BCUT2D eigenvalue weighted by atomic mass is 127. The molecule has 1 aromatic rings. The lowest BCUT2D eigenvalue weighted by Crippen LogP contribution is -2.39. The van der Waals surface area contributed by atoms with Crippen LogP contribution in [-0.4, -0.2) is 63.8 Å². The monoisotopic (exact) mass is 526 g/mol. The minimum Gasteiger partial charge on any atom is -0.493 e. The van der Waals surface area contributed by atoms with Gasteiger partial charge in [-0.25, -0.2) is 0 Å². The zero-order valence-electron chi connectivity index (χ0n) is 17.3. The van der Waals surface area contributed by atoms with Gasteiger partial charge >= 0.3 is 6.61 Å². The fourth-order valence-corrected chi connectivity index (χ4v) is 3.22. The Morgan fingerprint density at radius 3 is 2.59 bits per heavy atom. The van der Waals surface area contributed by atoms with Gasteiger partial charge in [0.05, 0.1) is 13.7 Å². The maximum absolute atomic E-state index is 12.5. The molecule has 0 radical (unpaired) electrons. The first-order valence-corrected chi connectivity index (χ1v) is 9.98. The third-order valence-corrected chi connectivity index (χ3v) is 4.63. The van der Waals surface area contributed by atoms with Crippen LogP contribution in [0.15, 0.2) is 23.2 Å². The third-order valence-electron chi connectivity index (χ3n) is 4.63. The van der Waals surface area contributed by atoms with Gasteiger partial charge in [0.1, 0.15) is 0 Å². The second-order valence-corrected chi connectivity index (χ2v) is 6.70. The fourth-order valence-electron chi connectivity index (χ4n) is 3.22. The largest absolute Gasteiger partial charge is 0.493 e. The molecule has 0 amide bonds. The molecule has 1 fully saturated rings. The number of aliphatic imine (C=N–C) groups is 1. The predicted molar refractivity (Wildman–Crippen MR) is 123 cm³/mol. The Hall–Kier alpha value is -1.36. The molecule has 1 aliphatic rings. The van der Waals surface area contributed by atoms with Gasteiger partial charge in [-0.3, -0.25) is 4.99 Å². The van der Waals surface area contributed by atoms with Crippen molar-refractivity contribution in [2.24, 2.45) is 4.99 Å². The quantitative estimate of drug-likeness (QED) is 0.278. The highest BCUT2D eigenvalue weighted by Gasteiger charge is 2.12. The second-order valence-electron chi connectivity index (χ2n) is 6.70. The summed E-state index contributed by atoms with van der Waals surface area (Å²) in [6.45, 7) is 4.63. The van der Waals surface area contributed by atoms with Crippen molar-refractivity contribution in [1.82, 2.24) is 15.5 Å². The number of piperidine rings is 1. The molecule has 2 N–H and O–H groups in total. The molecule has 0 aliphatic carbocycles. The van der Waals surface area contributed by atoms with E-state index in [0.29, 0.717) is 18.7 Å². The minimum atomic E-state index is -2.88. The lowest BCUT2D eigenvalue weighted by molar-refractivity contribution is -0.0512. The summed E-state index contributed by atoms with van der Waals surface area (Å²) in [5.41, 5.74) is 0.883. The van der Waals surface area contributed by atoms with Gasteiger partial charge in [-0.1, -0.05) is 12.5 Å². The average Bonchev–Trinajstić information content (AvgIpc) is 2.68. The number of alkyl halides is 2. The molecule has 1 saturated heterocycles. The topological polar surface area (TPSA) is 58.1 Å².